The van der Waals surface area contributed by atoms with Crippen LogP contribution >= 0.6 is 11.6 Å². The van der Waals surface area contributed by atoms with E-state index in [0.29, 0.717) is 28.8 Å². The number of sulfonamides is 1. The molecule has 1 aliphatic rings. The van der Waals surface area contributed by atoms with Gasteiger partial charge in [0.15, 0.2) is 0 Å². The number of allylic oxidation sites excluding steroid dienone is 1. The molecular weight excluding hydrogens is 540 g/mol. The van der Waals surface area contributed by atoms with Crippen LogP contribution in [0.25, 0.3) is 6.08 Å². The van der Waals surface area contributed by atoms with E-state index in [2.05, 4.69) is 0 Å². The topological polar surface area (TPSA) is 97.1 Å². The van der Waals surface area contributed by atoms with Crippen LogP contribution in [0, 0.1) is 6.92 Å². The van der Waals surface area contributed by atoms with E-state index in [0.717, 1.165) is 11.1 Å². The highest BCUT2D eigenvalue weighted by Crippen LogP contribution is 2.32. The van der Waals surface area contributed by atoms with Gasteiger partial charge in [0, 0.05) is 23.8 Å². The van der Waals surface area contributed by atoms with Gasteiger partial charge in [-0.2, -0.15) is 4.31 Å². The van der Waals surface area contributed by atoms with Crippen LogP contribution in [0.5, 0.6) is 0 Å². The number of hydrogen-bond donors (Lipinski definition) is 0. The Morgan fingerprint density at radius 2 is 1.69 bits per heavy atom. The maximum absolute atomic E-state index is 13.6. The molecule has 0 N–H and O–H groups in total. The highest BCUT2D eigenvalue weighted by molar-refractivity contribution is 7.89. The second-order valence-electron chi connectivity index (χ2n) is 9.08. The van der Waals surface area contributed by atoms with Gasteiger partial charge in [-0.3, -0.25) is 4.79 Å². The largest absolute Gasteiger partial charge is 0.465 e. The lowest BCUT2D eigenvalue weighted by atomic mass is 10.1. The molecule has 39 heavy (non-hydrogen) atoms. The highest BCUT2D eigenvalue weighted by atomic mass is 35.5. The molecule has 2 aromatic carbocycles. The Bertz CT molecular complexity index is 1550. The highest BCUT2D eigenvalue weighted by Gasteiger charge is 2.36. The summed E-state index contributed by atoms with van der Waals surface area (Å²) in [6.45, 7) is 5.90. The zero-order chi connectivity index (χ0) is 28.3. The van der Waals surface area contributed by atoms with E-state index >= 15 is 0 Å². The number of rotatable bonds is 9. The molecule has 0 fully saturated rings. The zero-order valence-corrected chi connectivity index (χ0v) is 23.7. The number of amides is 1. The van der Waals surface area contributed by atoms with Gasteiger partial charge < -0.3 is 14.1 Å². The van der Waals surface area contributed by atoms with Gasteiger partial charge in [0.25, 0.3) is 5.91 Å². The van der Waals surface area contributed by atoms with Gasteiger partial charge >= 0.3 is 5.97 Å². The van der Waals surface area contributed by atoms with E-state index in [1.54, 1.807) is 19.1 Å². The van der Waals surface area contributed by atoms with Crippen molar-refractivity contribution in [2.45, 2.75) is 38.8 Å². The molecule has 8 nitrogen and oxygen atoms in total. The van der Waals surface area contributed by atoms with Crippen LogP contribution in [0.4, 0.5) is 0 Å². The summed E-state index contributed by atoms with van der Waals surface area (Å²) >= 11 is 5.98. The van der Waals surface area contributed by atoms with Gasteiger partial charge in [0.05, 0.1) is 29.7 Å². The normalized spacial score (nSPS) is 15.1. The molecule has 3 aromatic rings. The molecule has 4 rings (SSSR count). The Kier molecular flexibility index (Phi) is 8.44. The Morgan fingerprint density at radius 1 is 1.03 bits per heavy atom. The number of nitrogens with zero attached hydrogens (tertiary/aromatic N) is 2. The number of likely N-dealkylation sites (N-methyl/N-ethyl adjacent to an activating group) is 1. The molecule has 0 atom stereocenters. The molecule has 0 saturated carbocycles. The van der Waals surface area contributed by atoms with Crippen molar-refractivity contribution in [2.24, 2.45) is 0 Å². The summed E-state index contributed by atoms with van der Waals surface area (Å²) < 4.78 is 39.4. The molecule has 0 unspecified atom stereocenters. The molecular formula is C29H29ClN2O6S. The number of ether oxygens (including phenoxy) is 1. The number of furan rings is 1. The fraction of sp³-hybridized carbons (Fsp3) is 0.241. The van der Waals surface area contributed by atoms with Gasteiger partial charge in [0.1, 0.15) is 11.5 Å². The van der Waals surface area contributed by atoms with Crippen molar-refractivity contribution in [1.29, 1.82) is 0 Å². The first-order chi connectivity index (χ1) is 18.5. The predicted octanol–water partition coefficient (Wildman–Crippen LogP) is 5.33. The van der Waals surface area contributed by atoms with Crippen LogP contribution in [0.2, 0.25) is 5.02 Å². The smallest absolute Gasteiger partial charge is 0.340 e. The summed E-state index contributed by atoms with van der Waals surface area (Å²) in [4.78, 5) is 27.0. The zero-order valence-electron chi connectivity index (χ0n) is 22.1. The minimum absolute atomic E-state index is 0.0598. The molecule has 0 spiro atoms. The van der Waals surface area contributed by atoms with E-state index in [1.165, 1.54) is 46.7 Å². The molecule has 0 aliphatic carbocycles. The third-order valence-electron chi connectivity index (χ3n) is 6.45. The van der Waals surface area contributed by atoms with Crippen LogP contribution in [-0.4, -0.2) is 43.2 Å². The third-order valence-corrected chi connectivity index (χ3v) is 8.51. The second kappa shape index (κ2) is 11.6. The van der Waals surface area contributed by atoms with Crippen molar-refractivity contribution < 1.29 is 27.2 Å². The monoisotopic (exact) mass is 568 g/mol. The molecule has 2 heterocycles. The van der Waals surface area contributed by atoms with Crippen molar-refractivity contribution in [3.63, 3.8) is 0 Å². The number of aryl methyl sites for hydroxylation is 1. The fourth-order valence-electron chi connectivity index (χ4n) is 4.36. The van der Waals surface area contributed by atoms with Gasteiger partial charge in [0.2, 0.25) is 10.0 Å². The SMILES string of the molecule is CCN1C(=O)/C(=C/c2ccc(CN(Cc3ccc(C)cc3)S(=O)(=O)c3ccc(Cl)cc3)o2)C(C(=O)OC)=C1C. The van der Waals surface area contributed by atoms with Crippen LogP contribution in [0.15, 0.2) is 86.8 Å². The van der Waals surface area contributed by atoms with E-state index in [4.69, 9.17) is 20.8 Å². The molecule has 1 aliphatic heterocycles. The number of carbonyl (C=O) groups is 2. The summed E-state index contributed by atoms with van der Waals surface area (Å²) in [5.74, 6) is -0.280. The van der Waals surface area contributed by atoms with Gasteiger partial charge in [-0.1, -0.05) is 41.4 Å². The lowest BCUT2D eigenvalue weighted by molar-refractivity contribution is -0.136. The first kappa shape index (κ1) is 28.4. The van der Waals surface area contributed by atoms with Crippen LogP contribution in [-0.2, 0) is 37.4 Å². The summed E-state index contributed by atoms with van der Waals surface area (Å²) in [5, 5.41) is 0.432. The van der Waals surface area contributed by atoms with Crippen molar-refractivity contribution >= 4 is 39.6 Å². The maximum atomic E-state index is 13.6. The van der Waals surface area contributed by atoms with Crippen molar-refractivity contribution in [2.75, 3.05) is 13.7 Å². The first-order valence-electron chi connectivity index (χ1n) is 12.3. The minimum atomic E-state index is -3.92. The molecule has 0 radical (unpaired) electrons. The molecule has 1 aromatic heterocycles. The molecule has 10 heteroatoms. The van der Waals surface area contributed by atoms with Gasteiger partial charge in [-0.05, 0) is 68.8 Å². The number of methoxy groups -OCH3 is 1. The number of carbonyl (C=O) groups excluding carboxylic acids is 2. The first-order valence-corrected chi connectivity index (χ1v) is 14.1. The number of halogens is 1. The van der Waals surface area contributed by atoms with Crippen molar-refractivity contribution in [3.8, 4) is 0 Å². The molecule has 1 amide bonds. The van der Waals surface area contributed by atoms with Gasteiger partial charge in [-0.15, -0.1) is 0 Å². The minimum Gasteiger partial charge on any atom is -0.465 e. The van der Waals surface area contributed by atoms with Crippen LogP contribution < -0.4 is 0 Å². The standard InChI is InChI=1S/C29H29ClN2O6S/c1-5-32-20(3)27(29(34)37-4)26(28(32)33)16-23-12-13-24(38-23)18-31(17-21-8-6-19(2)7-9-21)39(35,36)25-14-10-22(30)11-15-25/h6-16H,5,17-18H2,1-4H3/b26-16+. The average Bonchev–Trinajstić information content (AvgIpc) is 3.45. The van der Waals surface area contributed by atoms with E-state index in [1.807, 2.05) is 38.1 Å². The molecule has 0 saturated heterocycles. The Balaban J connectivity index is 1.67. The lowest BCUT2D eigenvalue weighted by Crippen LogP contribution is -2.30. The third kappa shape index (κ3) is 6.00. The molecule has 204 valence electrons. The number of benzene rings is 2. The summed E-state index contributed by atoms with van der Waals surface area (Å²) in [5.41, 5.74) is 2.71. The predicted molar refractivity (Wildman–Crippen MR) is 148 cm³/mol. The van der Waals surface area contributed by atoms with Gasteiger partial charge in [-0.25, -0.2) is 13.2 Å². The summed E-state index contributed by atoms with van der Waals surface area (Å²) in [6.07, 6.45) is 1.48. The van der Waals surface area contributed by atoms with Crippen LogP contribution in [0.3, 0.4) is 0 Å². The Morgan fingerprint density at radius 3 is 2.31 bits per heavy atom. The van der Waals surface area contributed by atoms with E-state index < -0.39 is 16.0 Å². The van der Waals surface area contributed by atoms with E-state index in [-0.39, 0.29) is 35.0 Å². The maximum Gasteiger partial charge on any atom is 0.340 e. The summed E-state index contributed by atoms with van der Waals surface area (Å²) in [6, 6.07) is 16.9. The van der Waals surface area contributed by atoms with Crippen LogP contribution in [0.1, 0.15) is 36.5 Å². The fourth-order valence-corrected chi connectivity index (χ4v) is 5.88. The summed E-state index contributed by atoms with van der Waals surface area (Å²) in [7, 11) is -2.66. The van der Waals surface area contributed by atoms with Crippen molar-refractivity contribution in [3.05, 3.63) is 105 Å². The van der Waals surface area contributed by atoms with Crippen molar-refractivity contribution in [1.82, 2.24) is 9.21 Å². The number of hydrogen-bond acceptors (Lipinski definition) is 6. The quantitative estimate of drug-likeness (QED) is 0.256. The Hall–Kier alpha value is -3.66. The second-order valence-corrected chi connectivity index (χ2v) is 11.5. The Labute approximate surface area is 233 Å². The molecule has 0 bridgehead atoms. The lowest BCUT2D eigenvalue weighted by Gasteiger charge is -2.21. The van der Waals surface area contributed by atoms with E-state index in [9.17, 15) is 18.0 Å². The average molecular weight is 569 g/mol. The number of esters is 1.